The normalized spacial score (nSPS) is 26.7. The molecule has 5 heteroatoms. The minimum Gasteiger partial charge on any atom is -0.409 e. The van der Waals surface area contributed by atoms with Crippen LogP contribution in [0.25, 0.3) is 0 Å². The van der Waals surface area contributed by atoms with E-state index in [-0.39, 0.29) is 17.3 Å². The molecule has 1 saturated carbocycles. The number of hydrogen-bond acceptors (Lipinski definition) is 3. The lowest BCUT2D eigenvalue weighted by Crippen LogP contribution is -2.58. The van der Waals surface area contributed by atoms with Crippen LogP contribution in [0.2, 0.25) is 0 Å². The summed E-state index contributed by atoms with van der Waals surface area (Å²) in [6.07, 6.45) is 4.43. The number of oxime groups is 1. The summed E-state index contributed by atoms with van der Waals surface area (Å²) in [4.78, 5) is 14.5. The fraction of sp³-hybridized carbons (Fsp3) is 0.833. The minimum absolute atomic E-state index is 0.0431. The highest BCUT2D eigenvalue weighted by Crippen LogP contribution is 2.45. The molecule has 5 nitrogen and oxygen atoms in total. The first-order chi connectivity index (χ1) is 7.94. The topological polar surface area (TPSA) is 78.9 Å². The Morgan fingerprint density at radius 2 is 1.94 bits per heavy atom. The van der Waals surface area contributed by atoms with Crippen molar-refractivity contribution in [2.75, 3.05) is 6.54 Å². The Balaban J connectivity index is 2.24. The molecule has 2 fully saturated rings. The van der Waals surface area contributed by atoms with E-state index in [1.807, 2.05) is 4.90 Å². The first kappa shape index (κ1) is 12.2. The summed E-state index contributed by atoms with van der Waals surface area (Å²) in [6.45, 7) is 4.94. The van der Waals surface area contributed by atoms with E-state index in [0.29, 0.717) is 12.8 Å². The van der Waals surface area contributed by atoms with Crippen LogP contribution in [0.15, 0.2) is 5.16 Å². The van der Waals surface area contributed by atoms with Crippen molar-refractivity contribution in [3.8, 4) is 0 Å². The molecule has 0 radical (unpaired) electrons. The molecule has 0 aromatic carbocycles. The Labute approximate surface area is 102 Å². The predicted molar refractivity (Wildman–Crippen MR) is 64.7 cm³/mol. The smallest absolute Gasteiger partial charge is 0.236 e. The van der Waals surface area contributed by atoms with Crippen LogP contribution in [0.1, 0.15) is 46.0 Å². The summed E-state index contributed by atoms with van der Waals surface area (Å²) in [7, 11) is 0. The van der Waals surface area contributed by atoms with Gasteiger partial charge in [-0.25, -0.2) is 0 Å². The van der Waals surface area contributed by atoms with Gasteiger partial charge in [-0.15, -0.1) is 0 Å². The van der Waals surface area contributed by atoms with Gasteiger partial charge in [0.25, 0.3) is 0 Å². The minimum atomic E-state index is -0.726. The van der Waals surface area contributed by atoms with E-state index >= 15 is 0 Å². The largest absolute Gasteiger partial charge is 0.409 e. The third-order valence-corrected chi connectivity index (χ3v) is 4.36. The van der Waals surface area contributed by atoms with Gasteiger partial charge in [0.1, 0.15) is 5.41 Å². The van der Waals surface area contributed by atoms with E-state index in [0.717, 1.165) is 25.8 Å². The van der Waals surface area contributed by atoms with Gasteiger partial charge < -0.3 is 15.8 Å². The number of carbonyl (C=O) groups is 1. The number of amides is 1. The molecule has 1 saturated heterocycles. The number of nitrogens with zero attached hydrogens (tertiary/aromatic N) is 2. The summed E-state index contributed by atoms with van der Waals surface area (Å²) >= 11 is 0. The van der Waals surface area contributed by atoms with Crippen molar-refractivity contribution in [2.45, 2.75) is 51.5 Å². The van der Waals surface area contributed by atoms with Gasteiger partial charge >= 0.3 is 0 Å². The second-order valence-electron chi connectivity index (χ2n) is 5.79. The molecule has 3 N–H and O–H groups in total. The summed E-state index contributed by atoms with van der Waals surface area (Å²) in [5, 5.41) is 11.9. The van der Waals surface area contributed by atoms with Crippen molar-refractivity contribution < 1.29 is 10.0 Å². The first-order valence-corrected chi connectivity index (χ1v) is 6.24. The van der Waals surface area contributed by atoms with Crippen molar-refractivity contribution in [3.63, 3.8) is 0 Å². The second-order valence-corrected chi connectivity index (χ2v) is 5.79. The van der Waals surface area contributed by atoms with Crippen LogP contribution in [0.4, 0.5) is 0 Å². The first-order valence-electron chi connectivity index (χ1n) is 6.24. The molecule has 17 heavy (non-hydrogen) atoms. The quantitative estimate of drug-likeness (QED) is 0.330. The molecule has 0 spiro atoms. The maximum atomic E-state index is 12.6. The van der Waals surface area contributed by atoms with Gasteiger partial charge in [-0.1, -0.05) is 11.6 Å². The zero-order chi connectivity index (χ0) is 12.7. The van der Waals surface area contributed by atoms with E-state index in [9.17, 15) is 4.79 Å². The van der Waals surface area contributed by atoms with E-state index in [2.05, 4.69) is 19.0 Å². The van der Waals surface area contributed by atoms with Crippen LogP contribution in [0.5, 0.6) is 0 Å². The molecule has 0 bridgehead atoms. The molecular formula is C12H21N3O2. The zero-order valence-electron chi connectivity index (χ0n) is 10.6. The Morgan fingerprint density at radius 1 is 1.29 bits per heavy atom. The van der Waals surface area contributed by atoms with E-state index in [4.69, 9.17) is 10.9 Å². The Kier molecular flexibility index (Phi) is 2.79. The van der Waals surface area contributed by atoms with Crippen LogP contribution in [-0.2, 0) is 4.79 Å². The Bertz CT molecular complexity index is 359. The monoisotopic (exact) mass is 239 g/mol. The molecule has 1 heterocycles. The molecule has 0 aromatic rings. The lowest BCUT2D eigenvalue weighted by molar-refractivity contribution is -0.145. The van der Waals surface area contributed by atoms with Gasteiger partial charge in [0.2, 0.25) is 5.91 Å². The Morgan fingerprint density at radius 3 is 2.29 bits per heavy atom. The third kappa shape index (κ3) is 1.68. The molecule has 1 aliphatic carbocycles. The highest BCUT2D eigenvalue weighted by molar-refractivity contribution is 6.07. The second kappa shape index (κ2) is 3.89. The summed E-state index contributed by atoms with van der Waals surface area (Å²) < 4.78 is 0. The molecule has 0 unspecified atom stereocenters. The van der Waals surface area contributed by atoms with Crippen molar-refractivity contribution in [1.82, 2.24) is 4.90 Å². The maximum absolute atomic E-state index is 12.6. The highest BCUT2D eigenvalue weighted by Gasteiger charge is 2.53. The lowest BCUT2D eigenvalue weighted by atomic mass is 9.66. The lowest BCUT2D eigenvalue weighted by Gasteiger charge is -2.44. The zero-order valence-corrected chi connectivity index (χ0v) is 10.6. The third-order valence-electron chi connectivity index (χ3n) is 4.36. The average Bonchev–Trinajstić information content (AvgIpc) is 2.55. The van der Waals surface area contributed by atoms with Crippen LogP contribution < -0.4 is 5.73 Å². The summed E-state index contributed by atoms with van der Waals surface area (Å²) in [5.74, 6) is 0.123. The summed E-state index contributed by atoms with van der Waals surface area (Å²) in [6, 6.07) is 0. The maximum Gasteiger partial charge on any atom is 0.236 e. The van der Waals surface area contributed by atoms with Crippen LogP contribution in [0.3, 0.4) is 0 Å². The van der Waals surface area contributed by atoms with E-state index in [1.54, 1.807) is 0 Å². The molecule has 0 atom stereocenters. The van der Waals surface area contributed by atoms with Crippen molar-refractivity contribution in [1.29, 1.82) is 0 Å². The van der Waals surface area contributed by atoms with Crippen LogP contribution in [-0.4, -0.2) is 33.9 Å². The molecule has 96 valence electrons. The SMILES string of the molecule is CC1(C)CCCN1C(=O)C1(C(N)=NO)CCC1. The molecule has 1 aliphatic heterocycles. The van der Waals surface area contributed by atoms with Gasteiger partial charge in [-0.2, -0.15) is 0 Å². The fourth-order valence-electron chi connectivity index (χ4n) is 2.95. The number of likely N-dealkylation sites (tertiary alicyclic amines) is 1. The summed E-state index contributed by atoms with van der Waals surface area (Å²) in [5.41, 5.74) is 4.90. The van der Waals surface area contributed by atoms with Gasteiger partial charge in [0, 0.05) is 12.1 Å². The van der Waals surface area contributed by atoms with Crippen LogP contribution in [0, 0.1) is 5.41 Å². The molecule has 2 aliphatic rings. The van der Waals surface area contributed by atoms with Crippen LogP contribution >= 0.6 is 0 Å². The van der Waals surface area contributed by atoms with Gasteiger partial charge in [-0.3, -0.25) is 4.79 Å². The predicted octanol–water partition coefficient (Wildman–Crippen LogP) is 1.30. The molecule has 1 amide bonds. The van der Waals surface area contributed by atoms with Gasteiger partial charge in [0.05, 0.1) is 0 Å². The number of nitrogens with two attached hydrogens (primary N) is 1. The average molecular weight is 239 g/mol. The molecule has 0 aromatic heterocycles. The molecule has 2 rings (SSSR count). The van der Waals surface area contributed by atoms with Crippen molar-refractivity contribution in [3.05, 3.63) is 0 Å². The van der Waals surface area contributed by atoms with E-state index in [1.165, 1.54) is 0 Å². The van der Waals surface area contributed by atoms with E-state index < -0.39 is 5.41 Å². The number of amidine groups is 1. The number of hydrogen-bond donors (Lipinski definition) is 2. The standard InChI is InChI=1S/C12H21N3O2/c1-11(2)5-4-8-15(11)10(16)12(6-3-7-12)9(13)14-17/h17H,3-8H2,1-2H3,(H2,13,14). The van der Waals surface area contributed by atoms with Crippen molar-refractivity contribution in [2.24, 2.45) is 16.3 Å². The number of rotatable bonds is 2. The molecular weight excluding hydrogens is 218 g/mol. The van der Waals surface area contributed by atoms with Gasteiger partial charge in [-0.05, 0) is 39.5 Å². The number of carbonyl (C=O) groups excluding carboxylic acids is 1. The highest BCUT2D eigenvalue weighted by atomic mass is 16.4. The Hall–Kier alpha value is -1.26. The fourth-order valence-corrected chi connectivity index (χ4v) is 2.95. The van der Waals surface area contributed by atoms with Crippen molar-refractivity contribution >= 4 is 11.7 Å². The van der Waals surface area contributed by atoms with Gasteiger partial charge in [0.15, 0.2) is 5.84 Å².